The molecule has 18 heavy (non-hydrogen) atoms. The van der Waals surface area contributed by atoms with Crippen molar-refractivity contribution in [3.63, 3.8) is 0 Å². The molecule has 6 heteroatoms. The van der Waals surface area contributed by atoms with Gasteiger partial charge < -0.3 is 16.3 Å². The number of nitrogens with two attached hydrogens (primary N) is 1. The number of nitrogens with zero attached hydrogens (tertiary/aromatic N) is 2. The molecule has 1 aromatic rings. The number of carbonyl (C=O) groups is 1. The highest BCUT2D eigenvalue weighted by Crippen LogP contribution is 2.25. The molecule has 0 saturated heterocycles. The van der Waals surface area contributed by atoms with Crippen molar-refractivity contribution < 1.29 is 10.0 Å². The van der Waals surface area contributed by atoms with Gasteiger partial charge in [-0.15, -0.1) is 0 Å². The molecule has 6 nitrogen and oxygen atoms in total. The second-order valence-corrected chi connectivity index (χ2v) is 4.36. The van der Waals surface area contributed by atoms with Crippen LogP contribution in [0.15, 0.2) is 29.6 Å². The number of carbonyl (C=O) groups excluding carboxylic acids is 1. The number of nitrogens with one attached hydrogen (secondary N) is 1. The summed E-state index contributed by atoms with van der Waals surface area (Å²) in [7, 11) is 0. The summed E-state index contributed by atoms with van der Waals surface area (Å²) in [4.78, 5) is 15.9. The summed E-state index contributed by atoms with van der Waals surface area (Å²) in [6, 6.07) is 5.08. The van der Waals surface area contributed by atoms with Crippen molar-refractivity contribution >= 4 is 11.7 Å². The van der Waals surface area contributed by atoms with E-state index in [1.165, 1.54) is 0 Å². The molecule has 1 aromatic heterocycles. The molecule has 96 valence electrons. The number of hydrogen-bond acceptors (Lipinski definition) is 4. The highest BCUT2D eigenvalue weighted by atomic mass is 16.4. The van der Waals surface area contributed by atoms with Crippen LogP contribution in [0.25, 0.3) is 0 Å². The third-order valence-electron chi connectivity index (χ3n) is 3.23. The molecule has 1 fully saturated rings. The Labute approximate surface area is 105 Å². The Kier molecular flexibility index (Phi) is 3.76. The number of oxime groups is 1. The van der Waals surface area contributed by atoms with Crippen LogP contribution in [0, 0.1) is 5.92 Å². The monoisotopic (exact) mass is 248 g/mol. The smallest absolute Gasteiger partial charge is 0.270 e. The van der Waals surface area contributed by atoms with Crippen molar-refractivity contribution in [1.29, 1.82) is 0 Å². The van der Waals surface area contributed by atoms with E-state index in [1.807, 2.05) is 0 Å². The van der Waals surface area contributed by atoms with E-state index in [1.54, 1.807) is 24.4 Å². The molecular formula is C12H16N4O2. The summed E-state index contributed by atoms with van der Waals surface area (Å²) in [5, 5.41) is 14.6. The lowest BCUT2D eigenvalue weighted by Crippen LogP contribution is -2.42. The molecule has 2 rings (SSSR count). The summed E-state index contributed by atoms with van der Waals surface area (Å²) in [6.07, 6.45) is 4.18. The first-order chi connectivity index (χ1) is 8.72. The van der Waals surface area contributed by atoms with E-state index in [-0.39, 0.29) is 23.7 Å². The van der Waals surface area contributed by atoms with E-state index < -0.39 is 0 Å². The molecule has 1 heterocycles. The molecule has 0 spiro atoms. The number of amidine groups is 1. The lowest BCUT2D eigenvalue weighted by molar-refractivity contribution is 0.0928. The first-order valence-corrected chi connectivity index (χ1v) is 5.91. The quantitative estimate of drug-likeness (QED) is 0.317. The number of pyridine rings is 1. The van der Waals surface area contributed by atoms with Gasteiger partial charge in [-0.25, -0.2) is 0 Å². The molecule has 0 aromatic carbocycles. The molecular weight excluding hydrogens is 232 g/mol. The summed E-state index contributed by atoms with van der Waals surface area (Å²) in [5.41, 5.74) is 5.99. The van der Waals surface area contributed by atoms with Gasteiger partial charge in [0.2, 0.25) is 0 Å². The van der Waals surface area contributed by atoms with Crippen molar-refractivity contribution in [2.24, 2.45) is 16.8 Å². The first kappa shape index (κ1) is 12.3. The SMILES string of the molecule is NC(=NO)C1CCCC1NC(=O)c1ccccn1. The fraction of sp³-hybridized carbons (Fsp3) is 0.417. The molecule has 2 unspecified atom stereocenters. The molecule has 1 saturated carbocycles. The molecule has 4 N–H and O–H groups in total. The third-order valence-corrected chi connectivity index (χ3v) is 3.23. The van der Waals surface area contributed by atoms with Crippen LogP contribution in [0.4, 0.5) is 0 Å². The van der Waals surface area contributed by atoms with E-state index >= 15 is 0 Å². The largest absolute Gasteiger partial charge is 0.409 e. The standard InChI is InChI=1S/C12H16N4O2/c13-11(16-18)8-4-3-6-9(8)15-12(17)10-5-1-2-7-14-10/h1-2,5,7-9,18H,3-4,6H2,(H2,13,16)(H,15,17). The maximum absolute atomic E-state index is 11.9. The lowest BCUT2D eigenvalue weighted by Gasteiger charge is -2.19. The van der Waals surface area contributed by atoms with Crippen LogP contribution in [-0.4, -0.2) is 28.0 Å². The van der Waals surface area contributed by atoms with Crippen LogP contribution in [0.3, 0.4) is 0 Å². The predicted octanol–water partition coefficient (Wildman–Crippen LogP) is 0.726. The van der Waals surface area contributed by atoms with Gasteiger partial charge in [-0.2, -0.15) is 0 Å². The number of hydrogen-bond donors (Lipinski definition) is 3. The average Bonchev–Trinajstić information content (AvgIpc) is 2.87. The summed E-state index contributed by atoms with van der Waals surface area (Å²) in [5.74, 6) is -0.139. The van der Waals surface area contributed by atoms with Crippen LogP contribution in [0.5, 0.6) is 0 Å². The van der Waals surface area contributed by atoms with Crippen molar-refractivity contribution in [3.05, 3.63) is 30.1 Å². The van der Waals surface area contributed by atoms with Gasteiger partial charge in [-0.1, -0.05) is 17.6 Å². The van der Waals surface area contributed by atoms with E-state index in [9.17, 15) is 4.79 Å². The first-order valence-electron chi connectivity index (χ1n) is 5.91. The Morgan fingerprint density at radius 2 is 2.33 bits per heavy atom. The summed E-state index contributed by atoms with van der Waals surface area (Å²) >= 11 is 0. The maximum atomic E-state index is 11.9. The zero-order valence-corrected chi connectivity index (χ0v) is 9.91. The fourth-order valence-electron chi connectivity index (χ4n) is 2.30. The van der Waals surface area contributed by atoms with Crippen molar-refractivity contribution in [3.8, 4) is 0 Å². The minimum absolute atomic E-state index is 0.0876. The average molecular weight is 248 g/mol. The van der Waals surface area contributed by atoms with Crippen LogP contribution in [0.2, 0.25) is 0 Å². The Morgan fingerprint density at radius 1 is 1.50 bits per heavy atom. The fourth-order valence-corrected chi connectivity index (χ4v) is 2.30. The number of aromatic nitrogens is 1. The van der Waals surface area contributed by atoms with Gasteiger partial charge in [0.15, 0.2) is 0 Å². The van der Waals surface area contributed by atoms with Gasteiger partial charge in [-0.3, -0.25) is 9.78 Å². The molecule has 1 aliphatic rings. The zero-order valence-electron chi connectivity index (χ0n) is 9.91. The van der Waals surface area contributed by atoms with Gasteiger partial charge in [0.05, 0.1) is 0 Å². The van der Waals surface area contributed by atoms with Gasteiger partial charge in [-0.05, 0) is 25.0 Å². The van der Waals surface area contributed by atoms with Crippen LogP contribution >= 0.6 is 0 Å². The van der Waals surface area contributed by atoms with Crippen molar-refractivity contribution in [1.82, 2.24) is 10.3 Å². The van der Waals surface area contributed by atoms with Gasteiger partial charge in [0.1, 0.15) is 11.5 Å². The van der Waals surface area contributed by atoms with E-state index in [0.29, 0.717) is 5.69 Å². The molecule has 0 aliphatic heterocycles. The lowest BCUT2D eigenvalue weighted by atomic mass is 10.0. The number of rotatable bonds is 3. The summed E-state index contributed by atoms with van der Waals surface area (Å²) < 4.78 is 0. The van der Waals surface area contributed by atoms with E-state index in [2.05, 4.69) is 15.5 Å². The van der Waals surface area contributed by atoms with Crippen LogP contribution in [0.1, 0.15) is 29.8 Å². The highest BCUT2D eigenvalue weighted by molar-refractivity contribution is 5.93. The van der Waals surface area contributed by atoms with Crippen LogP contribution < -0.4 is 11.1 Å². The van der Waals surface area contributed by atoms with Gasteiger partial charge in [0.25, 0.3) is 5.91 Å². The zero-order chi connectivity index (χ0) is 13.0. The second kappa shape index (κ2) is 5.48. The minimum Gasteiger partial charge on any atom is -0.409 e. The topological polar surface area (TPSA) is 101 Å². The molecule has 1 aliphatic carbocycles. The van der Waals surface area contributed by atoms with Crippen molar-refractivity contribution in [2.75, 3.05) is 0 Å². The molecule has 1 amide bonds. The highest BCUT2D eigenvalue weighted by Gasteiger charge is 2.32. The minimum atomic E-state index is -0.224. The normalized spacial score (nSPS) is 23.9. The van der Waals surface area contributed by atoms with Gasteiger partial charge >= 0.3 is 0 Å². The Bertz CT molecular complexity index is 447. The third kappa shape index (κ3) is 2.58. The van der Waals surface area contributed by atoms with E-state index in [4.69, 9.17) is 10.9 Å². The maximum Gasteiger partial charge on any atom is 0.270 e. The number of amides is 1. The molecule has 0 bridgehead atoms. The Balaban J connectivity index is 2.03. The predicted molar refractivity (Wildman–Crippen MR) is 66.2 cm³/mol. The molecule has 2 atom stereocenters. The van der Waals surface area contributed by atoms with Crippen molar-refractivity contribution in [2.45, 2.75) is 25.3 Å². The Hall–Kier alpha value is -2.11. The van der Waals surface area contributed by atoms with E-state index in [0.717, 1.165) is 19.3 Å². The second-order valence-electron chi connectivity index (χ2n) is 4.36. The summed E-state index contributed by atoms with van der Waals surface area (Å²) in [6.45, 7) is 0. The Morgan fingerprint density at radius 3 is 3.00 bits per heavy atom. The van der Waals surface area contributed by atoms with Gasteiger partial charge in [0, 0.05) is 18.2 Å². The molecule has 0 radical (unpaired) electrons. The van der Waals surface area contributed by atoms with Crippen LogP contribution in [-0.2, 0) is 0 Å².